The molecule has 3 aromatic rings. The second kappa shape index (κ2) is 7.09. The van der Waals surface area contributed by atoms with Crippen molar-refractivity contribution in [3.05, 3.63) is 71.6 Å². The van der Waals surface area contributed by atoms with Gasteiger partial charge < -0.3 is 14.9 Å². The summed E-state index contributed by atoms with van der Waals surface area (Å²) in [6, 6.07) is 16.0. The van der Waals surface area contributed by atoms with E-state index in [0.717, 1.165) is 24.0 Å². The van der Waals surface area contributed by atoms with Crippen molar-refractivity contribution in [2.75, 3.05) is 6.61 Å². The molecule has 1 heterocycles. The second-order valence-corrected chi connectivity index (χ2v) is 6.43. The summed E-state index contributed by atoms with van der Waals surface area (Å²) in [5.74, 6) is 1.28. The fourth-order valence-corrected chi connectivity index (χ4v) is 2.81. The molecule has 132 valence electrons. The molecule has 0 saturated heterocycles. The van der Waals surface area contributed by atoms with Crippen LogP contribution in [-0.2, 0) is 0 Å². The number of benzene rings is 2. The predicted molar refractivity (Wildman–Crippen MR) is 95.4 cm³/mol. The molecule has 1 aromatic heterocycles. The maximum Gasteiger partial charge on any atom is 0.251 e. The molecular weight excluding hydrogens is 330 g/mol. The zero-order valence-corrected chi connectivity index (χ0v) is 14.1. The number of hydrogen-bond donors (Lipinski definition) is 2. The fraction of sp³-hybridized carbons (Fsp3) is 0.250. The average molecular weight is 349 g/mol. The number of nitrogens with zero attached hydrogens (tertiary/aromatic N) is 2. The number of carbonyl (C=O) groups excluding carboxylic acids is 1. The van der Waals surface area contributed by atoms with Gasteiger partial charge in [-0.25, -0.2) is 0 Å². The Morgan fingerprint density at radius 3 is 2.73 bits per heavy atom. The van der Waals surface area contributed by atoms with Crippen molar-refractivity contribution in [1.29, 1.82) is 0 Å². The van der Waals surface area contributed by atoms with Gasteiger partial charge in [-0.1, -0.05) is 47.6 Å². The molecule has 4 rings (SSSR count). The van der Waals surface area contributed by atoms with E-state index in [1.165, 1.54) is 0 Å². The van der Waals surface area contributed by atoms with E-state index < -0.39 is 6.04 Å². The number of hydrogen-bond acceptors (Lipinski definition) is 5. The minimum absolute atomic E-state index is 0.176. The standard InChI is InChI=1S/C20H19N3O3/c24-12-17(13-5-2-1-3-6-13)21-19(25)16-8-4-7-15(11-16)18-22-20(26-23-18)14-9-10-14/h1-8,11,14,17,24H,9-10,12H2,(H,21,25). The van der Waals surface area contributed by atoms with Gasteiger partial charge in [0.15, 0.2) is 0 Å². The van der Waals surface area contributed by atoms with E-state index in [1.54, 1.807) is 18.2 Å². The summed E-state index contributed by atoms with van der Waals surface area (Å²) < 4.78 is 5.29. The third kappa shape index (κ3) is 3.50. The van der Waals surface area contributed by atoms with Crippen LogP contribution < -0.4 is 5.32 Å². The van der Waals surface area contributed by atoms with Crippen LogP contribution in [0.3, 0.4) is 0 Å². The lowest BCUT2D eigenvalue weighted by Gasteiger charge is -2.16. The smallest absolute Gasteiger partial charge is 0.251 e. The van der Waals surface area contributed by atoms with E-state index in [-0.39, 0.29) is 12.5 Å². The van der Waals surface area contributed by atoms with Gasteiger partial charge >= 0.3 is 0 Å². The Balaban J connectivity index is 1.52. The number of aliphatic hydroxyl groups is 1. The summed E-state index contributed by atoms with van der Waals surface area (Å²) in [7, 11) is 0. The minimum Gasteiger partial charge on any atom is -0.394 e. The van der Waals surface area contributed by atoms with Crippen LogP contribution in [0.4, 0.5) is 0 Å². The van der Waals surface area contributed by atoms with Crippen molar-refractivity contribution < 1.29 is 14.4 Å². The highest BCUT2D eigenvalue weighted by molar-refractivity contribution is 5.95. The van der Waals surface area contributed by atoms with Crippen molar-refractivity contribution in [1.82, 2.24) is 15.5 Å². The van der Waals surface area contributed by atoms with Gasteiger partial charge in [-0.2, -0.15) is 4.98 Å². The molecule has 2 aromatic carbocycles. The molecule has 1 unspecified atom stereocenters. The first-order chi connectivity index (χ1) is 12.7. The zero-order chi connectivity index (χ0) is 17.9. The highest BCUT2D eigenvalue weighted by Crippen LogP contribution is 2.39. The highest BCUT2D eigenvalue weighted by Gasteiger charge is 2.29. The Bertz CT molecular complexity index is 903. The molecule has 6 nitrogen and oxygen atoms in total. The van der Waals surface area contributed by atoms with Crippen LogP contribution in [0.25, 0.3) is 11.4 Å². The summed E-state index contributed by atoms with van der Waals surface area (Å²) in [6.45, 7) is -0.176. The van der Waals surface area contributed by atoms with Gasteiger partial charge in [0.1, 0.15) is 0 Å². The number of amides is 1. The largest absolute Gasteiger partial charge is 0.394 e. The molecule has 0 radical (unpaired) electrons. The van der Waals surface area contributed by atoms with E-state index in [1.807, 2.05) is 36.4 Å². The van der Waals surface area contributed by atoms with Gasteiger partial charge in [-0.15, -0.1) is 0 Å². The van der Waals surface area contributed by atoms with Gasteiger partial charge in [0, 0.05) is 17.0 Å². The Kier molecular flexibility index (Phi) is 4.50. The number of carbonyl (C=O) groups is 1. The van der Waals surface area contributed by atoms with Gasteiger partial charge in [-0.05, 0) is 30.5 Å². The molecule has 26 heavy (non-hydrogen) atoms. The van der Waals surface area contributed by atoms with E-state index in [9.17, 15) is 9.90 Å². The van der Waals surface area contributed by atoms with Gasteiger partial charge in [0.25, 0.3) is 5.91 Å². The van der Waals surface area contributed by atoms with Crippen LogP contribution in [0.1, 0.15) is 46.6 Å². The molecule has 0 aliphatic heterocycles. The summed E-state index contributed by atoms with van der Waals surface area (Å²) in [4.78, 5) is 17.0. The van der Waals surface area contributed by atoms with Gasteiger partial charge in [0.05, 0.1) is 12.6 Å². The van der Waals surface area contributed by atoms with Crippen molar-refractivity contribution in [3.8, 4) is 11.4 Å². The van der Waals surface area contributed by atoms with E-state index in [4.69, 9.17) is 4.52 Å². The molecule has 1 saturated carbocycles. The molecule has 1 amide bonds. The Morgan fingerprint density at radius 1 is 1.19 bits per heavy atom. The van der Waals surface area contributed by atoms with Crippen molar-refractivity contribution >= 4 is 5.91 Å². The summed E-state index contributed by atoms with van der Waals surface area (Å²) in [5, 5.41) is 16.5. The molecular formula is C20H19N3O3. The van der Waals surface area contributed by atoms with Crippen LogP contribution in [0.15, 0.2) is 59.1 Å². The lowest BCUT2D eigenvalue weighted by Crippen LogP contribution is -2.30. The Labute approximate surface area is 150 Å². The van der Waals surface area contributed by atoms with Crippen LogP contribution in [0.5, 0.6) is 0 Å². The Morgan fingerprint density at radius 2 is 2.00 bits per heavy atom. The third-order valence-electron chi connectivity index (χ3n) is 4.44. The summed E-state index contributed by atoms with van der Waals surface area (Å²) >= 11 is 0. The number of rotatable bonds is 6. The zero-order valence-electron chi connectivity index (χ0n) is 14.1. The minimum atomic E-state index is -0.459. The van der Waals surface area contributed by atoms with Crippen molar-refractivity contribution in [3.63, 3.8) is 0 Å². The van der Waals surface area contributed by atoms with Gasteiger partial charge in [-0.3, -0.25) is 4.79 Å². The lowest BCUT2D eigenvalue weighted by molar-refractivity contribution is 0.0916. The molecule has 2 N–H and O–H groups in total. The normalized spacial score (nSPS) is 14.8. The van der Waals surface area contributed by atoms with E-state index in [0.29, 0.717) is 23.2 Å². The van der Waals surface area contributed by atoms with Crippen LogP contribution >= 0.6 is 0 Å². The predicted octanol–water partition coefficient (Wildman–Crippen LogP) is 3.08. The topological polar surface area (TPSA) is 88.2 Å². The molecule has 6 heteroatoms. The van der Waals surface area contributed by atoms with E-state index >= 15 is 0 Å². The highest BCUT2D eigenvalue weighted by atomic mass is 16.5. The number of aliphatic hydroxyl groups excluding tert-OH is 1. The van der Waals surface area contributed by atoms with Gasteiger partial charge in [0.2, 0.25) is 11.7 Å². The molecule has 1 atom stereocenters. The van der Waals surface area contributed by atoms with Crippen LogP contribution in [0, 0.1) is 0 Å². The first kappa shape index (κ1) is 16.5. The van der Waals surface area contributed by atoms with Crippen molar-refractivity contribution in [2.24, 2.45) is 0 Å². The molecule has 1 aliphatic rings. The van der Waals surface area contributed by atoms with Crippen LogP contribution in [0.2, 0.25) is 0 Å². The second-order valence-electron chi connectivity index (χ2n) is 6.43. The SMILES string of the molecule is O=C(NC(CO)c1ccccc1)c1cccc(-c2noc(C3CC3)n2)c1. The number of aromatic nitrogens is 2. The summed E-state index contributed by atoms with van der Waals surface area (Å²) in [5.41, 5.74) is 2.06. The Hall–Kier alpha value is -2.99. The number of nitrogens with one attached hydrogen (secondary N) is 1. The third-order valence-corrected chi connectivity index (χ3v) is 4.44. The summed E-state index contributed by atoms with van der Waals surface area (Å²) in [6.07, 6.45) is 2.18. The molecule has 0 spiro atoms. The first-order valence-corrected chi connectivity index (χ1v) is 8.65. The molecule has 1 aliphatic carbocycles. The first-order valence-electron chi connectivity index (χ1n) is 8.65. The van der Waals surface area contributed by atoms with E-state index in [2.05, 4.69) is 15.5 Å². The van der Waals surface area contributed by atoms with Crippen molar-refractivity contribution in [2.45, 2.75) is 24.8 Å². The molecule has 1 fully saturated rings. The monoisotopic (exact) mass is 349 g/mol. The lowest BCUT2D eigenvalue weighted by atomic mass is 10.1. The van der Waals surface area contributed by atoms with Crippen LogP contribution in [-0.4, -0.2) is 27.8 Å². The molecule has 0 bridgehead atoms. The maximum absolute atomic E-state index is 12.6. The quantitative estimate of drug-likeness (QED) is 0.714. The average Bonchev–Trinajstić information content (AvgIpc) is 3.43. The maximum atomic E-state index is 12.6. The fourth-order valence-electron chi connectivity index (χ4n) is 2.81.